The minimum atomic E-state index is -0.866. The first kappa shape index (κ1) is 16.2. The Kier molecular flexibility index (Phi) is 5.99. The Bertz CT molecular complexity index is 498. The van der Waals surface area contributed by atoms with Crippen LogP contribution in [0.1, 0.15) is 22.8 Å². The first-order valence-electron chi connectivity index (χ1n) is 5.55. The largest absolute Gasteiger partial charge is 0.480 e. The topological polar surface area (TPSA) is 71.4 Å². The fourth-order valence-corrected chi connectivity index (χ4v) is 2.09. The maximum Gasteiger partial charge on any atom is 0.316 e. The number of Topliss-reactive ketones (excluding diaryl/α,β-unsaturated/α-hetero) is 1. The molecular formula is C13H13IO4S. The SMILES string of the molecule is CC(C(=O)S)C(=O)c1ccc(CC(I)C(=O)O)cc1. The van der Waals surface area contributed by atoms with Crippen molar-refractivity contribution in [2.24, 2.45) is 5.92 Å². The van der Waals surface area contributed by atoms with Gasteiger partial charge in [-0.2, -0.15) is 0 Å². The van der Waals surface area contributed by atoms with Crippen LogP contribution in [-0.4, -0.2) is 25.9 Å². The van der Waals surface area contributed by atoms with Gasteiger partial charge in [-0.25, -0.2) is 0 Å². The molecular weight excluding hydrogens is 379 g/mol. The highest BCUT2D eigenvalue weighted by Crippen LogP contribution is 2.15. The zero-order valence-electron chi connectivity index (χ0n) is 10.2. The molecule has 0 aromatic heterocycles. The van der Waals surface area contributed by atoms with Gasteiger partial charge in [0.05, 0.1) is 5.92 Å². The van der Waals surface area contributed by atoms with Crippen molar-refractivity contribution in [2.75, 3.05) is 0 Å². The van der Waals surface area contributed by atoms with Crippen molar-refractivity contribution in [1.29, 1.82) is 0 Å². The Hall–Kier alpha value is -0.890. The number of hydrogen-bond donors (Lipinski definition) is 2. The van der Waals surface area contributed by atoms with Crippen LogP contribution in [0.15, 0.2) is 24.3 Å². The van der Waals surface area contributed by atoms with E-state index in [1.807, 2.05) is 22.6 Å². The fourth-order valence-electron chi connectivity index (χ4n) is 1.46. The first-order chi connectivity index (χ1) is 8.82. The van der Waals surface area contributed by atoms with E-state index in [0.29, 0.717) is 12.0 Å². The number of rotatable bonds is 6. The van der Waals surface area contributed by atoms with E-state index >= 15 is 0 Å². The summed E-state index contributed by atoms with van der Waals surface area (Å²) < 4.78 is -0.503. The molecule has 0 amide bonds. The van der Waals surface area contributed by atoms with E-state index in [1.165, 1.54) is 6.92 Å². The smallest absolute Gasteiger partial charge is 0.316 e. The minimum absolute atomic E-state index is 0.282. The van der Waals surface area contributed by atoms with Crippen molar-refractivity contribution in [3.63, 3.8) is 0 Å². The van der Waals surface area contributed by atoms with E-state index < -0.39 is 20.9 Å². The van der Waals surface area contributed by atoms with Crippen molar-refractivity contribution in [3.05, 3.63) is 35.4 Å². The van der Waals surface area contributed by atoms with Gasteiger partial charge in [0.2, 0.25) is 0 Å². The van der Waals surface area contributed by atoms with Crippen molar-refractivity contribution in [3.8, 4) is 0 Å². The van der Waals surface area contributed by atoms with Crippen LogP contribution in [0.3, 0.4) is 0 Å². The van der Waals surface area contributed by atoms with Crippen LogP contribution in [0.2, 0.25) is 0 Å². The van der Waals surface area contributed by atoms with Crippen LogP contribution in [0.5, 0.6) is 0 Å². The third-order valence-corrected chi connectivity index (χ3v) is 4.05. The van der Waals surface area contributed by atoms with Gasteiger partial charge in [-0.3, -0.25) is 14.4 Å². The van der Waals surface area contributed by atoms with Crippen molar-refractivity contribution < 1.29 is 19.5 Å². The van der Waals surface area contributed by atoms with E-state index in [4.69, 9.17) is 5.11 Å². The quantitative estimate of drug-likeness (QED) is 0.257. The molecule has 0 aliphatic heterocycles. The normalized spacial score (nSPS) is 13.6. The van der Waals surface area contributed by atoms with Gasteiger partial charge in [-0.05, 0) is 18.9 Å². The number of thiol groups is 1. The average molecular weight is 392 g/mol. The molecule has 0 radical (unpaired) electrons. The summed E-state index contributed by atoms with van der Waals surface area (Å²) in [6.07, 6.45) is 0.394. The molecule has 0 fully saturated rings. The van der Waals surface area contributed by atoms with Crippen LogP contribution < -0.4 is 0 Å². The van der Waals surface area contributed by atoms with Gasteiger partial charge in [0.25, 0.3) is 0 Å². The van der Waals surface area contributed by atoms with Crippen LogP contribution in [0, 0.1) is 5.92 Å². The molecule has 0 aliphatic carbocycles. The lowest BCUT2D eigenvalue weighted by Crippen LogP contribution is -2.17. The zero-order valence-corrected chi connectivity index (χ0v) is 13.2. The lowest BCUT2D eigenvalue weighted by molar-refractivity contribution is -0.136. The summed E-state index contributed by atoms with van der Waals surface area (Å²) in [5, 5.41) is 8.35. The monoisotopic (exact) mass is 392 g/mol. The third kappa shape index (κ3) is 4.61. The van der Waals surface area contributed by atoms with E-state index in [2.05, 4.69) is 12.6 Å². The van der Waals surface area contributed by atoms with Crippen LogP contribution in [0.25, 0.3) is 0 Å². The Morgan fingerprint density at radius 2 is 1.79 bits per heavy atom. The number of carboxylic acids is 1. The number of ketones is 1. The van der Waals surface area contributed by atoms with E-state index in [0.717, 1.165) is 5.56 Å². The Morgan fingerprint density at radius 3 is 2.21 bits per heavy atom. The Balaban J connectivity index is 2.79. The van der Waals surface area contributed by atoms with Crippen LogP contribution >= 0.6 is 35.2 Å². The molecule has 0 heterocycles. The van der Waals surface area contributed by atoms with E-state index in [1.54, 1.807) is 24.3 Å². The number of halogens is 1. The predicted octanol–water partition coefficient (Wildman–Crippen LogP) is 2.39. The summed E-state index contributed by atoms with van der Waals surface area (Å²) >= 11 is 5.50. The van der Waals surface area contributed by atoms with Crippen LogP contribution in [0.4, 0.5) is 0 Å². The number of carbonyl (C=O) groups excluding carboxylic acids is 2. The molecule has 1 N–H and O–H groups in total. The number of aliphatic carboxylic acids is 1. The minimum Gasteiger partial charge on any atom is -0.480 e. The van der Waals surface area contributed by atoms with Crippen LogP contribution in [-0.2, 0) is 16.0 Å². The molecule has 0 saturated heterocycles. The lowest BCUT2D eigenvalue weighted by atomic mass is 9.98. The van der Waals surface area contributed by atoms with Crippen molar-refractivity contribution >= 4 is 52.1 Å². The molecule has 2 atom stereocenters. The number of hydrogen-bond acceptors (Lipinski definition) is 3. The number of carbonyl (C=O) groups is 3. The fraction of sp³-hybridized carbons (Fsp3) is 0.308. The summed E-state index contributed by atoms with van der Waals surface area (Å²) in [4.78, 5) is 33.6. The molecule has 4 nitrogen and oxygen atoms in total. The molecule has 1 rings (SSSR count). The van der Waals surface area contributed by atoms with Crippen molar-refractivity contribution in [1.82, 2.24) is 0 Å². The van der Waals surface area contributed by atoms with Gasteiger partial charge in [-0.15, -0.1) is 12.6 Å². The van der Waals surface area contributed by atoms with Gasteiger partial charge in [0.15, 0.2) is 10.9 Å². The third-order valence-electron chi connectivity index (χ3n) is 2.69. The molecule has 0 bridgehead atoms. The molecule has 102 valence electrons. The first-order valence-corrected chi connectivity index (χ1v) is 7.25. The summed E-state index contributed by atoms with van der Waals surface area (Å²) in [7, 11) is 0. The molecule has 1 aromatic carbocycles. The average Bonchev–Trinajstić information content (AvgIpc) is 2.37. The highest BCUT2D eigenvalue weighted by atomic mass is 127. The lowest BCUT2D eigenvalue weighted by Gasteiger charge is -2.08. The number of alkyl halides is 1. The summed E-state index contributed by atoms with van der Waals surface area (Å²) in [5.74, 6) is -1.92. The second-order valence-corrected chi connectivity index (χ2v) is 6.08. The number of benzene rings is 1. The number of carboxylic acid groups (broad SMARTS) is 1. The van der Waals surface area contributed by atoms with Gasteiger partial charge in [0, 0.05) is 5.56 Å². The predicted molar refractivity (Wildman–Crippen MR) is 83.1 cm³/mol. The second-order valence-electron chi connectivity index (χ2n) is 4.13. The molecule has 0 spiro atoms. The van der Waals surface area contributed by atoms with E-state index in [-0.39, 0.29) is 5.78 Å². The summed E-state index contributed by atoms with van der Waals surface area (Å²) in [6, 6.07) is 6.63. The second kappa shape index (κ2) is 7.04. The molecule has 1 aromatic rings. The van der Waals surface area contributed by atoms with Gasteiger partial charge in [0.1, 0.15) is 3.92 Å². The maximum absolute atomic E-state index is 11.9. The molecule has 0 saturated carbocycles. The maximum atomic E-state index is 11.9. The molecule has 2 unspecified atom stereocenters. The standard InChI is InChI=1S/C13H13IO4S/c1-7(13(18)19)11(15)9-4-2-8(3-5-9)6-10(14)12(16)17/h2-5,7,10H,6H2,1H3,(H,16,17)(H,18,19). The highest BCUT2D eigenvalue weighted by Gasteiger charge is 2.20. The Labute approximate surface area is 130 Å². The van der Waals surface area contributed by atoms with E-state index in [9.17, 15) is 14.4 Å². The highest BCUT2D eigenvalue weighted by molar-refractivity contribution is 14.1. The van der Waals surface area contributed by atoms with Crippen molar-refractivity contribution in [2.45, 2.75) is 17.3 Å². The van der Waals surface area contributed by atoms with Gasteiger partial charge >= 0.3 is 5.97 Å². The zero-order chi connectivity index (χ0) is 14.6. The van der Waals surface area contributed by atoms with Gasteiger partial charge in [-0.1, -0.05) is 46.9 Å². The molecule has 6 heteroatoms. The Morgan fingerprint density at radius 1 is 1.26 bits per heavy atom. The van der Waals surface area contributed by atoms with Gasteiger partial charge < -0.3 is 5.11 Å². The molecule has 0 aliphatic rings. The summed E-state index contributed by atoms with van der Waals surface area (Å²) in [6.45, 7) is 1.51. The molecule has 19 heavy (non-hydrogen) atoms. The summed E-state index contributed by atoms with van der Waals surface area (Å²) in [5.41, 5.74) is 1.27.